The first-order valence-corrected chi connectivity index (χ1v) is 5.71. The number of hydrogen-bond acceptors (Lipinski definition) is 2. The molecular weight excluding hydrogens is 214 g/mol. The van der Waals surface area contributed by atoms with Crippen molar-refractivity contribution in [2.45, 2.75) is 25.8 Å². The SMILES string of the molecule is C=CCCC(=O)N(C)C(C)c1ccc(O)cc1. The predicted octanol–water partition coefficient (Wildman–Crippen LogP) is 2.88. The molecule has 0 aliphatic rings. The van der Waals surface area contributed by atoms with Gasteiger partial charge >= 0.3 is 0 Å². The average Bonchev–Trinajstić information content (AvgIpc) is 2.35. The van der Waals surface area contributed by atoms with Crippen LogP contribution in [-0.4, -0.2) is 23.0 Å². The number of benzene rings is 1. The number of phenolic OH excluding ortho intramolecular Hbond substituents is 1. The number of nitrogens with zero attached hydrogens (tertiary/aromatic N) is 1. The molecule has 3 heteroatoms. The summed E-state index contributed by atoms with van der Waals surface area (Å²) in [4.78, 5) is 13.5. The van der Waals surface area contributed by atoms with Gasteiger partial charge in [-0.25, -0.2) is 0 Å². The zero-order valence-electron chi connectivity index (χ0n) is 10.4. The molecule has 1 aromatic carbocycles. The second-order valence-corrected chi connectivity index (χ2v) is 4.10. The highest BCUT2D eigenvalue weighted by Crippen LogP contribution is 2.21. The summed E-state index contributed by atoms with van der Waals surface area (Å²) in [5.41, 5.74) is 1.01. The molecule has 0 radical (unpaired) electrons. The van der Waals surface area contributed by atoms with Crippen LogP contribution in [0.25, 0.3) is 0 Å². The van der Waals surface area contributed by atoms with Crippen molar-refractivity contribution in [3.8, 4) is 5.75 Å². The summed E-state index contributed by atoms with van der Waals surface area (Å²) in [5.74, 6) is 0.340. The Kier molecular flexibility index (Phi) is 4.76. The van der Waals surface area contributed by atoms with Gasteiger partial charge in [0.1, 0.15) is 5.75 Å². The molecule has 0 fully saturated rings. The van der Waals surface area contributed by atoms with E-state index in [9.17, 15) is 9.90 Å². The lowest BCUT2D eigenvalue weighted by atomic mass is 10.1. The minimum atomic E-state index is 0.00733. The molecule has 1 N–H and O–H groups in total. The van der Waals surface area contributed by atoms with E-state index in [-0.39, 0.29) is 17.7 Å². The first-order chi connectivity index (χ1) is 8.06. The number of aromatic hydroxyl groups is 1. The van der Waals surface area contributed by atoms with Crippen molar-refractivity contribution >= 4 is 5.91 Å². The molecule has 0 bridgehead atoms. The molecule has 0 heterocycles. The summed E-state index contributed by atoms with van der Waals surface area (Å²) in [6.07, 6.45) is 2.94. The lowest BCUT2D eigenvalue weighted by Gasteiger charge is -2.25. The maximum Gasteiger partial charge on any atom is 0.223 e. The van der Waals surface area contributed by atoms with Gasteiger partial charge in [0.05, 0.1) is 6.04 Å². The van der Waals surface area contributed by atoms with Crippen molar-refractivity contribution in [3.63, 3.8) is 0 Å². The molecule has 1 amide bonds. The fourth-order valence-corrected chi connectivity index (χ4v) is 1.59. The van der Waals surface area contributed by atoms with Gasteiger partial charge in [0.25, 0.3) is 0 Å². The van der Waals surface area contributed by atoms with Gasteiger partial charge in [-0.2, -0.15) is 0 Å². The van der Waals surface area contributed by atoms with Crippen molar-refractivity contribution in [3.05, 3.63) is 42.5 Å². The average molecular weight is 233 g/mol. The van der Waals surface area contributed by atoms with E-state index >= 15 is 0 Å². The van der Waals surface area contributed by atoms with Crippen LogP contribution < -0.4 is 0 Å². The van der Waals surface area contributed by atoms with Crippen molar-refractivity contribution in [2.75, 3.05) is 7.05 Å². The molecule has 0 saturated carbocycles. The Morgan fingerprint density at radius 1 is 1.47 bits per heavy atom. The van der Waals surface area contributed by atoms with Gasteiger partial charge < -0.3 is 10.0 Å². The van der Waals surface area contributed by atoms with E-state index in [4.69, 9.17) is 0 Å². The number of carbonyl (C=O) groups is 1. The minimum absolute atomic E-state index is 0.00733. The second-order valence-electron chi connectivity index (χ2n) is 4.10. The molecule has 92 valence electrons. The lowest BCUT2D eigenvalue weighted by Crippen LogP contribution is -2.29. The van der Waals surface area contributed by atoms with Crippen LogP contribution in [0, 0.1) is 0 Å². The molecule has 0 saturated heterocycles. The number of carbonyl (C=O) groups excluding carboxylic acids is 1. The van der Waals surface area contributed by atoms with Crippen molar-refractivity contribution in [2.24, 2.45) is 0 Å². The molecule has 3 nitrogen and oxygen atoms in total. The maximum absolute atomic E-state index is 11.8. The summed E-state index contributed by atoms with van der Waals surface area (Å²) in [6, 6.07) is 6.93. The fourth-order valence-electron chi connectivity index (χ4n) is 1.59. The van der Waals surface area contributed by atoms with Crippen LogP contribution in [0.15, 0.2) is 36.9 Å². The van der Waals surface area contributed by atoms with Gasteiger partial charge in [-0.1, -0.05) is 18.2 Å². The number of phenols is 1. The summed E-state index contributed by atoms with van der Waals surface area (Å²) in [5, 5.41) is 9.21. The van der Waals surface area contributed by atoms with E-state index in [2.05, 4.69) is 6.58 Å². The standard InChI is InChI=1S/C14H19NO2/c1-4-5-6-14(17)15(3)11(2)12-7-9-13(16)10-8-12/h4,7-11,16H,1,5-6H2,2-3H3. The minimum Gasteiger partial charge on any atom is -0.508 e. The van der Waals surface area contributed by atoms with E-state index in [0.717, 1.165) is 5.56 Å². The first-order valence-electron chi connectivity index (χ1n) is 5.71. The molecule has 1 unspecified atom stereocenters. The van der Waals surface area contributed by atoms with Gasteiger partial charge in [-0.15, -0.1) is 6.58 Å². The van der Waals surface area contributed by atoms with Gasteiger partial charge in [-0.3, -0.25) is 4.79 Å². The topological polar surface area (TPSA) is 40.5 Å². The molecule has 1 aromatic rings. The molecule has 0 aromatic heterocycles. The van der Waals surface area contributed by atoms with E-state index < -0.39 is 0 Å². The lowest BCUT2D eigenvalue weighted by molar-refractivity contribution is -0.131. The van der Waals surface area contributed by atoms with Crippen LogP contribution in [0.3, 0.4) is 0 Å². The maximum atomic E-state index is 11.8. The highest BCUT2D eigenvalue weighted by atomic mass is 16.3. The third-order valence-corrected chi connectivity index (χ3v) is 2.91. The van der Waals surface area contributed by atoms with Gasteiger partial charge in [-0.05, 0) is 31.0 Å². The van der Waals surface area contributed by atoms with E-state index in [1.807, 2.05) is 19.1 Å². The Hall–Kier alpha value is -1.77. The summed E-state index contributed by atoms with van der Waals surface area (Å²) in [7, 11) is 1.79. The Bertz CT molecular complexity index is 384. The number of rotatable bonds is 5. The first kappa shape index (κ1) is 13.3. The van der Waals surface area contributed by atoms with E-state index in [1.165, 1.54) is 0 Å². The van der Waals surface area contributed by atoms with Crippen LogP contribution in [-0.2, 0) is 4.79 Å². The van der Waals surface area contributed by atoms with Crippen molar-refractivity contribution < 1.29 is 9.90 Å². The van der Waals surface area contributed by atoms with Crippen molar-refractivity contribution in [1.29, 1.82) is 0 Å². The normalized spacial score (nSPS) is 11.9. The van der Waals surface area contributed by atoms with Crippen LogP contribution in [0.1, 0.15) is 31.4 Å². The van der Waals surface area contributed by atoms with Gasteiger partial charge in [0.15, 0.2) is 0 Å². The molecule has 0 spiro atoms. The van der Waals surface area contributed by atoms with Crippen molar-refractivity contribution in [1.82, 2.24) is 4.90 Å². The summed E-state index contributed by atoms with van der Waals surface area (Å²) < 4.78 is 0. The quantitative estimate of drug-likeness (QED) is 0.794. The zero-order chi connectivity index (χ0) is 12.8. The Balaban J connectivity index is 2.68. The molecule has 1 atom stereocenters. The smallest absolute Gasteiger partial charge is 0.223 e. The van der Waals surface area contributed by atoms with Gasteiger partial charge in [0, 0.05) is 13.5 Å². The predicted molar refractivity (Wildman–Crippen MR) is 68.7 cm³/mol. The Morgan fingerprint density at radius 2 is 2.06 bits per heavy atom. The van der Waals surface area contributed by atoms with E-state index in [0.29, 0.717) is 12.8 Å². The van der Waals surface area contributed by atoms with Gasteiger partial charge in [0.2, 0.25) is 5.91 Å². The Morgan fingerprint density at radius 3 is 2.59 bits per heavy atom. The molecule has 0 aliphatic carbocycles. The molecule has 17 heavy (non-hydrogen) atoms. The van der Waals surface area contributed by atoms with E-state index in [1.54, 1.807) is 30.2 Å². The third kappa shape index (κ3) is 3.63. The summed E-state index contributed by atoms with van der Waals surface area (Å²) >= 11 is 0. The number of hydrogen-bond donors (Lipinski definition) is 1. The fraction of sp³-hybridized carbons (Fsp3) is 0.357. The molecular formula is C14H19NO2. The van der Waals surface area contributed by atoms with Crippen LogP contribution in [0.4, 0.5) is 0 Å². The molecule has 1 rings (SSSR count). The van der Waals surface area contributed by atoms with Crippen LogP contribution in [0.2, 0.25) is 0 Å². The van der Waals surface area contributed by atoms with Crippen LogP contribution >= 0.6 is 0 Å². The zero-order valence-corrected chi connectivity index (χ0v) is 10.4. The Labute approximate surface area is 102 Å². The summed E-state index contributed by atoms with van der Waals surface area (Å²) in [6.45, 7) is 5.58. The number of amides is 1. The van der Waals surface area contributed by atoms with Crippen LogP contribution in [0.5, 0.6) is 5.75 Å². The highest BCUT2D eigenvalue weighted by molar-refractivity contribution is 5.76. The largest absolute Gasteiger partial charge is 0.508 e. The highest BCUT2D eigenvalue weighted by Gasteiger charge is 2.16. The monoisotopic (exact) mass is 233 g/mol. The molecule has 0 aliphatic heterocycles. The number of allylic oxidation sites excluding steroid dienone is 1. The second kappa shape index (κ2) is 6.09. The third-order valence-electron chi connectivity index (χ3n) is 2.91.